The van der Waals surface area contributed by atoms with Crippen LogP contribution in [0.3, 0.4) is 0 Å². The average Bonchev–Trinajstić information content (AvgIpc) is 3.04. The largest absolute Gasteiger partial charge is 0.492 e. The second kappa shape index (κ2) is 15.5. The summed E-state index contributed by atoms with van der Waals surface area (Å²) in [5.74, 6) is -0.0768. The van der Waals surface area contributed by atoms with Gasteiger partial charge in [-0.15, -0.1) is 0 Å². The van der Waals surface area contributed by atoms with Gasteiger partial charge < -0.3 is 14.8 Å². The summed E-state index contributed by atoms with van der Waals surface area (Å²) in [7, 11) is -4.12. The van der Waals surface area contributed by atoms with Gasteiger partial charge in [0, 0.05) is 0 Å². The normalized spacial score (nSPS) is 11.9. The molecular weight excluding hydrogens is 592 g/mol. The van der Waals surface area contributed by atoms with E-state index in [4.69, 9.17) is 9.47 Å². The number of hydrogen-bond donors (Lipinski definition) is 2. The maximum Gasteiger partial charge on any atom is 0.264 e. The summed E-state index contributed by atoms with van der Waals surface area (Å²) in [6.45, 7) is 5.19. The van der Waals surface area contributed by atoms with Crippen molar-refractivity contribution in [3.63, 3.8) is 0 Å². The third kappa shape index (κ3) is 9.16. The third-order valence-electron chi connectivity index (χ3n) is 6.66. The number of nitrogens with zero attached hydrogens (tertiary/aromatic N) is 2. The fourth-order valence-corrected chi connectivity index (χ4v) is 5.76. The van der Waals surface area contributed by atoms with Gasteiger partial charge in [0.2, 0.25) is 0 Å². The number of aryl methyl sites for hydroxylation is 1. The zero-order valence-corrected chi connectivity index (χ0v) is 26.2. The van der Waals surface area contributed by atoms with Crippen LogP contribution in [0.2, 0.25) is 0 Å². The first-order valence-corrected chi connectivity index (χ1v) is 15.8. The highest BCUT2D eigenvalue weighted by atomic mass is 32.2. The van der Waals surface area contributed by atoms with E-state index in [0.717, 1.165) is 15.4 Å². The second-order valence-electron chi connectivity index (χ2n) is 10.1. The van der Waals surface area contributed by atoms with E-state index in [-0.39, 0.29) is 29.1 Å². The summed E-state index contributed by atoms with van der Waals surface area (Å²) in [5.41, 5.74) is 5.19. The summed E-state index contributed by atoms with van der Waals surface area (Å²) < 4.78 is 39.6. The number of anilines is 1. The van der Waals surface area contributed by atoms with Crippen molar-refractivity contribution in [3.05, 3.63) is 120 Å². The van der Waals surface area contributed by atoms with E-state index >= 15 is 0 Å². The number of hydrogen-bond acceptors (Lipinski definition) is 7. The molecule has 4 rings (SSSR count). The molecule has 234 valence electrons. The first kappa shape index (κ1) is 32.7. The van der Waals surface area contributed by atoms with E-state index in [2.05, 4.69) is 15.8 Å². The monoisotopic (exact) mass is 628 g/mol. The van der Waals surface area contributed by atoms with Crippen molar-refractivity contribution >= 4 is 33.7 Å². The fraction of sp³-hybridized carbons (Fsp3) is 0.206. The highest BCUT2D eigenvalue weighted by molar-refractivity contribution is 7.92. The Morgan fingerprint density at radius 2 is 1.53 bits per heavy atom. The van der Waals surface area contributed by atoms with Crippen molar-refractivity contribution in [2.75, 3.05) is 24.1 Å². The summed E-state index contributed by atoms with van der Waals surface area (Å²) in [6, 6.07) is 29.3. The molecule has 0 saturated carbocycles. The zero-order chi connectivity index (χ0) is 32.2. The number of carbonyl (C=O) groups is 2. The Labute approximate surface area is 263 Å². The second-order valence-corrected chi connectivity index (χ2v) is 11.9. The number of amides is 2. The molecule has 10 nitrogen and oxygen atoms in total. The molecule has 0 fully saturated rings. The molecule has 0 aliphatic rings. The van der Waals surface area contributed by atoms with Crippen LogP contribution in [0.25, 0.3) is 0 Å². The van der Waals surface area contributed by atoms with E-state index in [1.54, 1.807) is 67.6 Å². The van der Waals surface area contributed by atoms with Gasteiger partial charge in [-0.2, -0.15) is 5.10 Å². The fourth-order valence-electron chi connectivity index (χ4n) is 4.33. The van der Waals surface area contributed by atoms with Crippen molar-refractivity contribution in [3.8, 4) is 11.5 Å². The van der Waals surface area contributed by atoms with Gasteiger partial charge in [-0.1, -0.05) is 60.2 Å². The molecule has 0 aromatic heterocycles. The van der Waals surface area contributed by atoms with Crippen molar-refractivity contribution in [2.45, 2.75) is 31.7 Å². The Morgan fingerprint density at radius 3 is 2.22 bits per heavy atom. The molecule has 4 aromatic carbocycles. The molecule has 0 bridgehead atoms. The highest BCUT2D eigenvalue weighted by Crippen LogP contribution is 2.32. The molecule has 2 amide bonds. The van der Waals surface area contributed by atoms with E-state index in [1.807, 2.05) is 44.2 Å². The first-order valence-electron chi connectivity index (χ1n) is 14.4. The van der Waals surface area contributed by atoms with Gasteiger partial charge in [0.05, 0.1) is 29.4 Å². The van der Waals surface area contributed by atoms with Gasteiger partial charge in [-0.25, -0.2) is 13.8 Å². The standard InChI is InChI=1S/C34H36N4O6S/c1-4-43-32-13-9-8-12-31(32)38(45(41,42)30-20-14-25(2)15-21-30)23-33(39)37-35-22-27-16-18-29(19-17-27)44-24-34(40)36-26(3)28-10-6-5-7-11-28/h5-22,26H,4,23-24H2,1-3H3,(H,36,40)(H,37,39)/b35-22-/t26-/m0/s1. The molecule has 11 heteroatoms. The Hall–Kier alpha value is -5.16. The smallest absolute Gasteiger partial charge is 0.264 e. The molecule has 45 heavy (non-hydrogen) atoms. The molecule has 0 radical (unpaired) electrons. The minimum atomic E-state index is -4.12. The van der Waals surface area contributed by atoms with Crippen molar-refractivity contribution < 1.29 is 27.5 Å². The molecule has 4 aromatic rings. The SMILES string of the molecule is CCOc1ccccc1N(CC(=O)N/N=C\c1ccc(OCC(=O)N[C@@H](C)c2ccccc2)cc1)S(=O)(=O)c1ccc(C)cc1. The Balaban J connectivity index is 1.37. The Morgan fingerprint density at radius 1 is 0.867 bits per heavy atom. The van der Waals surface area contributed by atoms with Crippen LogP contribution in [0.4, 0.5) is 5.69 Å². The van der Waals surface area contributed by atoms with Gasteiger partial charge in [-0.05, 0) is 80.4 Å². The van der Waals surface area contributed by atoms with E-state index < -0.39 is 22.5 Å². The number of hydrazone groups is 1. The number of carbonyl (C=O) groups excluding carboxylic acids is 2. The number of sulfonamides is 1. The average molecular weight is 629 g/mol. The van der Waals surface area contributed by atoms with Crippen LogP contribution in [0, 0.1) is 6.92 Å². The summed E-state index contributed by atoms with van der Waals surface area (Å²) in [4.78, 5) is 25.3. The Kier molecular flexibility index (Phi) is 11.3. The van der Waals surface area contributed by atoms with Crippen LogP contribution in [0.5, 0.6) is 11.5 Å². The highest BCUT2D eigenvalue weighted by Gasteiger charge is 2.29. The lowest BCUT2D eigenvalue weighted by molar-refractivity contribution is -0.123. The van der Waals surface area contributed by atoms with Gasteiger partial charge in [0.25, 0.3) is 21.8 Å². The molecule has 0 heterocycles. The predicted molar refractivity (Wildman–Crippen MR) is 174 cm³/mol. The molecular formula is C34H36N4O6S. The van der Waals surface area contributed by atoms with Crippen molar-refractivity contribution in [1.82, 2.24) is 10.7 Å². The molecule has 0 spiro atoms. The molecule has 0 saturated heterocycles. The molecule has 0 unspecified atom stereocenters. The van der Waals surface area contributed by atoms with Crippen molar-refractivity contribution in [1.29, 1.82) is 0 Å². The molecule has 2 N–H and O–H groups in total. The lowest BCUT2D eigenvalue weighted by atomic mass is 10.1. The maximum absolute atomic E-state index is 13.7. The summed E-state index contributed by atoms with van der Waals surface area (Å²) >= 11 is 0. The van der Waals surface area contributed by atoms with Crippen LogP contribution in [0.15, 0.2) is 113 Å². The third-order valence-corrected chi connectivity index (χ3v) is 8.43. The predicted octanol–water partition coefficient (Wildman–Crippen LogP) is 5.00. The zero-order valence-electron chi connectivity index (χ0n) is 25.3. The van der Waals surface area contributed by atoms with Crippen molar-refractivity contribution in [2.24, 2.45) is 5.10 Å². The minimum Gasteiger partial charge on any atom is -0.492 e. The first-order chi connectivity index (χ1) is 21.7. The van der Waals surface area contributed by atoms with Gasteiger partial charge in [-0.3, -0.25) is 13.9 Å². The van der Waals surface area contributed by atoms with Crippen LogP contribution >= 0.6 is 0 Å². The molecule has 0 aliphatic heterocycles. The van der Waals surface area contributed by atoms with E-state index in [0.29, 0.717) is 23.7 Å². The van der Waals surface area contributed by atoms with Crippen LogP contribution < -0.4 is 24.5 Å². The Bertz CT molecular complexity index is 1710. The molecule has 1 atom stereocenters. The molecule has 0 aliphatic carbocycles. The number of ether oxygens (including phenoxy) is 2. The lowest BCUT2D eigenvalue weighted by Gasteiger charge is -2.25. The van der Waals surface area contributed by atoms with E-state index in [9.17, 15) is 18.0 Å². The van der Waals surface area contributed by atoms with Gasteiger partial charge in [0.15, 0.2) is 6.61 Å². The lowest BCUT2D eigenvalue weighted by Crippen LogP contribution is -2.39. The topological polar surface area (TPSA) is 126 Å². The number of para-hydroxylation sites is 2. The van der Waals surface area contributed by atoms with Crippen LogP contribution in [-0.4, -0.2) is 46.2 Å². The summed E-state index contributed by atoms with van der Waals surface area (Å²) in [5, 5.41) is 6.89. The minimum absolute atomic E-state index is 0.0428. The van der Waals surface area contributed by atoms with E-state index in [1.165, 1.54) is 18.3 Å². The van der Waals surface area contributed by atoms with Gasteiger partial charge in [0.1, 0.15) is 18.0 Å². The quantitative estimate of drug-likeness (QED) is 0.150. The summed E-state index contributed by atoms with van der Waals surface area (Å²) in [6.07, 6.45) is 1.42. The number of rotatable bonds is 14. The van der Waals surface area contributed by atoms with Crippen LogP contribution in [-0.2, 0) is 19.6 Å². The number of benzene rings is 4. The maximum atomic E-state index is 13.7. The number of nitrogens with one attached hydrogen (secondary N) is 2. The van der Waals surface area contributed by atoms with Gasteiger partial charge >= 0.3 is 0 Å². The van der Waals surface area contributed by atoms with Crippen LogP contribution in [0.1, 0.15) is 36.6 Å².